The fourth-order valence-corrected chi connectivity index (χ4v) is 2.32. The molecule has 0 aromatic heterocycles. The van der Waals surface area contributed by atoms with Gasteiger partial charge in [0.25, 0.3) is 0 Å². The first kappa shape index (κ1) is 23.3. The molecule has 0 aliphatic carbocycles. The lowest BCUT2D eigenvalue weighted by molar-refractivity contribution is -0.386. The SMILES string of the molecule is COc1cc(C=NNC(=O)N/N=C/c2cc(OC)c(O)c([N+](=O)[O-])c2)cc([N+](=O)[O-])c1O. The maximum atomic E-state index is 11.7. The van der Waals surface area contributed by atoms with Crippen LogP contribution in [-0.4, -0.2) is 52.7 Å². The maximum absolute atomic E-state index is 11.7. The van der Waals surface area contributed by atoms with E-state index in [0.29, 0.717) is 0 Å². The van der Waals surface area contributed by atoms with Crippen molar-refractivity contribution in [1.29, 1.82) is 0 Å². The van der Waals surface area contributed by atoms with Crippen molar-refractivity contribution >= 4 is 29.8 Å². The molecule has 0 unspecified atom stereocenters. The third kappa shape index (κ3) is 5.56. The first-order valence-corrected chi connectivity index (χ1v) is 8.40. The molecule has 15 nitrogen and oxygen atoms in total. The number of hydrogen-bond acceptors (Lipinski definition) is 11. The molecule has 0 atom stereocenters. The third-order valence-electron chi connectivity index (χ3n) is 3.75. The molecule has 2 rings (SSSR count). The van der Waals surface area contributed by atoms with Crippen LogP contribution < -0.4 is 20.3 Å². The Morgan fingerprint density at radius 3 is 1.56 bits per heavy atom. The minimum atomic E-state index is -0.905. The van der Waals surface area contributed by atoms with Gasteiger partial charge in [0.2, 0.25) is 11.5 Å². The van der Waals surface area contributed by atoms with Crippen molar-refractivity contribution in [3.63, 3.8) is 0 Å². The van der Waals surface area contributed by atoms with Gasteiger partial charge >= 0.3 is 17.4 Å². The van der Waals surface area contributed by atoms with Gasteiger partial charge in [0.1, 0.15) is 0 Å². The van der Waals surface area contributed by atoms with Crippen LogP contribution in [0.25, 0.3) is 0 Å². The molecule has 168 valence electrons. The number of carbonyl (C=O) groups excluding carboxylic acids is 1. The number of nitro groups is 2. The number of phenolic OH excluding ortho intramolecular Hbond substituents is 2. The zero-order valence-corrected chi connectivity index (χ0v) is 16.5. The molecular formula is C17H16N6O9. The molecule has 32 heavy (non-hydrogen) atoms. The second kappa shape index (κ2) is 10.2. The van der Waals surface area contributed by atoms with Crippen LogP contribution >= 0.6 is 0 Å². The Bertz CT molecular complexity index is 1030. The highest BCUT2D eigenvalue weighted by Gasteiger charge is 2.20. The Morgan fingerprint density at radius 2 is 1.25 bits per heavy atom. The summed E-state index contributed by atoms with van der Waals surface area (Å²) >= 11 is 0. The number of benzene rings is 2. The van der Waals surface area contributed by atoms with E-state index in [4.69, 9.17) is 9.47 Å². The summed E-state index contributed by atoms with van der Waals surface area (Å²) in [5, 5.41) is 48.5. The molecular weight excluding hydrogens is 432 g/mol. The number of amides is 2. The molecule has 0 spiro atoms. The number of rotatable bonds is 8. The van der Waals surface area contributed by atoms with Gasteiger partial charge in [0.05, 0.1) is 36.5 Å². The van der Waals surface area contributed by atoms with Crippen LogP contribution in [0.4, 0.5) is 16.2 Å². The summed E-state index contributed by atoms with van der Waals surface area (Å²) in [6.45, 7) is 0. The van der Waals surface area contributed by atoms with Crippen molar-refractivity contribution in [3.05, 3.63) is 55.6 Å². The fraction of sp³-hybridized carbons (Fsp3) is 0.118. The van der Waals surface area contributed by atoms with Gasteiger partial charge in [-0.15, -0.1) is 0 Å². The molecule has 0 saturated carbocycles. The highest BCUT2D eigenvalue weighted by molar-refractivity contribution is 5.86. The molecule has 4 N–H and O–H groups in total. The minimum Gasteiger partial charge on any atom is -0.500 e. The number of hydrazone groups is 2. The molecule has 0 aliphatic heterocycles. The molecule has 0 aliphatic rings. The van der Waals surface area contributed by atoms with E-state index in [0.717, 1.165) is 24.6 Å². The lowest BCUT2D eigenvalue weighted by Gasteiger charge is -2.05. The summed E-state index contributed by atoms with van der Waals surface area (Å²) in [5.41, 5.74) is 3.16. The molecule has 2 amide bonds. The van der Waals surface area contributed by atoms with E-state index >= 15 is 0 Å². The Morgan fingerprint density at radius 1 is 0.875 bits per heavy atom. The number of ether oxygens (including phenoxy) is 2. The number of methoxy groups -OCH3 is 2. The van der Waals surface area contributed by atoms with Gasteiger partial charge in [-0.3, -0.25) is 20.2 Å². The van der Waals surface area contributed by atoms with Crippen LogP contribution in [0.1, 0.15) is 11.1 Å². The van der Waals surface area contributed by atoms with E-state index in [9.17, 15) is 35.2 Å². The summed E-state index contributed by atoms with van der Waals surface area (Å²) in [6, 6.07) is 3.65. The van der Waals surface area contributed by atoms with Gasteiger partial charge in [-0.1, -0.05) is 0 Å². The summed E-state index contributed by atoms with van der Waals surface area (Å²) in [5.74, 6) is -1.62. The lowest BCUT2D eigenvalue weighted by atomic mass is 10.2. The van der Waals surface area contributed by atoms with Gasteiger partial charge < -0.3 is 19.7 Å². The van der Waals surface area contributed by atoms with Crippen molar-refractivity contribution in [2.24, 2.45) is 10.2 Å². The topological polar surface area (TPSA) is 211 Å². The number of nitrogens with zero attached hydrogens (tertiary/aromatic N) is 4. The zero-order valence-electron chi connectivity index (χ0n) is 16.5. The van der Waals surface area contributed by atoms with Crippen LogP contribution in [0, 0.1) is 20.2 Å². The van der Waals surface area contributed by atoms with Gasteiger partial charge in [-0.2, -0.15) is 10.2 Å². The van der Waals surface area contributed by atoms with Crippen LogP contribution in [0.3, 0.4) is 0 Å². The normalized spacial score (nSPS) is 10.8. The average molecular weight is 448 g/mol. The van der Waals surface area contributed by atoms with Crippen LogP contribution in [-0.2, 0) is 0 Å². The molecule has 0 bridgehead atoms. The highest BCUT2D eigenvalue weighted by atomic mass is 16.6. The monoisotopic (exact) mass is 448 g/mol. The van der Waals surface area contributed by atoms with Gasteiger partial charge in [-0.25, -0.2) is 15.6 Å². The number of hydrogen-bond donors (Lipinski definition) is 4. The molecule has 15 heteroatoms. The number of carbonyl (C=O) groups is 1. The number of nitrogens with one attached hydrogen (secondary N) is 2. The van der Waals surface area contributed by atoms with E-state index in [1.165, 1.54) is 26.4 Å². The van der Waals surface area contributed by atoms with Crippen LogP contribution in [0.15, 0.2) is 34.5 Å². The fourth-order valence-electron chi connectivity index (χ4n) is 2.32. The number of nitro benzene ring substituents is 2. The van der Waals surface area contributed by atoms with Gasteiger partial charge in [-0.05, 0) is 12.1 Å². The summed E-state index contributed by atoms with van der Waals surface area (Å²) in [4.78, 5) is 32.0. The minimum absolute atomic E-state index is 0.152. The van der Waals surface area contributed by atoms with Crippen molar-refractivity contribution < 1.29 is 34.3 Å². The largest absolute Gasteiger partial charge is 0.500 e. The summed E-state index contributed by atoms with van der Waals surface area (Å²) < 4.78 is 9.69. The molecule has 0 saturated heterocycles. The smallest absolute Gasteiger partial charge is 0.355 e. The zero-order chi connectivity index (χ0) is 23.8. The molecule has 0 radical (unpaired) electrons. The lowest BCUT2D eigenvalue weighted by Crippen LogP contribution is -2.28. The van der Waals surface area contributed by atoms with Gasteiger partial charge in [0, 0.05) is 23.3 Å². The predicted molar refractivity (Wildman–Crippen MR) is 109 cm³/mol. The average Bonchev–Trinajstić information content (AvgIpc) is 2.75. The van der Waals surface area contributed by atoms with E-state index in [-0.39, 0.29) is 22.6 Å². The van der Waals surface area contributed by atoms with Crippen molar-refractivity contribution in [2.45, 2.75) is 0 Å². The standard InChI is InChI=1S/C17H16N6O9/c1-31-13-5-9(3-11(15(13)24)22(27)28)7-18-20-17(26)21-19-8-10-4-12(23(29)30)16(25)14(6-10)32-2/h3-8,24-25H,1-2H3,(H2,20,21,26)/b18-7+,19-8?. The molecule has 0 fully saturated rings. The second-order valence-corrected chi connectivity index (χ2v) is 5.77. The van der Waals surface area contributed by atoms with Crippen molar-refractivity contribution in [3.8, 4) is 23.0 Å². The highest BCUT2D eigenvalue weighted by Crippen LogP contribution is 2.37. The quantitative estimate of drug-likeness (QED) is 0.262. The second-order valence-electron chi connectivity index (χ2n) is 5.77. The predicted octanol–water partition coefficient (Wildman–Crippen LogP) is 1.60. The number of phenols is 2. The van der Waals surface area contributed by atoms with Gasteiger partial charge in [0.15, 0.2) is 11.5 Å². The number of urea groups is 1. The molecule has 2 aromatic carbocycles. The maximum Gasteiger partial charge on any atom is 0.355 e. The summed E-state index contributed by atoms with van der Waals surface area (Å²) in [6.07, 6.45) is 2.12. The Balaban J connectivity index is 2.05. The van der Waals surface area contributed by atoms with Crippen LogP contribution in [0.5, 0.6) is 23.0 Å². The van der Waals surface area contributed by atoms with E-state index in [1.807, 2.05) is 10.9 Å². The Hall–Kier alpha value is -4.95. The molecule has 2 aromatic rings. The van der Waals surface area contributed by atoms with E-state index in [2.05, 4.69) is 10.2 Å². The third-order valence-corrected chi connectivity index (χ3v) is 3.75. The molecule has 0 heterocycles. The van der Waals surface area contributed by atoms with Crippen LogP contribution in [0.2, 0.25) is 0 Å². The Kier molecular flexibility index (Phi) is 7.43. The number of aromatic hydroxyl groups is 2. The van der Waals surface area contributed by atoms with Crippen molar-refractivity contribution in [2.75, 3.05) is 14.2 Å². The first-order chi connectivity index (χ1) is 15.2. The Labute approximate surface area is 178 Å². The van der Waals surface area contributed by atoms with Crippen molar-refractivity contribution in [1.82, 2.24) is 10.9 Å². The van der Waals surface area contributed by atoms with E-state index < -0.39 is 38.8 Å². The first-order valence-electron chi connectivity index (χ1n) is 8.40. The van der Waals surface area contributed by atoms with E-state index in [1.54, 1.807) is 0 Å². The summed E-state index contributed by atoms with van der Waals surface area (Å²) in [7, 11) is 2.42.